The lowest BCUT2D eigenvalue weighted by atomic mass is 9.62. The number of nitrogens with zero attached hydrogens (tertiary/aromatic N) is 1. The van der Waals surface area contributed by atoms with E-state index in [-0.39, 0.29) is 0 Å². The van der Waals surface area contributed by atoms with Crippen molar-refractivity contribution in [2.45, 2.75) is 65.5 Å². The molecule has 2 fully saturated rings. The van der Waals surface area contributed by atoms with Gasteiger partial charge in [0, 0.05) is 18.6 Å². The van der Waals surface area contributed by atoms with Crippen molar-refractivity contribution in [3.8, 4) is 0 Å². The average Bonchev–Trinajstić information content (AvgIpc) is 2.96. The van der Waals surface area contributed by atoms with Gasteiger partial charge in [-0.25, -0.2) is 0 Å². The fourth-order valence-corrected chi connectivity index (χ4v) is 3.69. The Morgan fingerprint density at radius 2 is 2.07 bits per heavy atom. The summed E-state index contributed by atoms with van der Waals surface area (Å²) in [7, 11) is 0. The van der Waals surface area contributed by atoms with Crippen LogP contribution in [-0.2, 0) is 0 Å². The summed E-state index contributed by atoms with van der Waals surface area (Å²) >= 11 is 0. The molecule has 1 heteroatoms. The van der Waals surface area contributed by atoms with E-state index in [1.165, 1.54) is 32.2 Å². The van der Waals surface area contributed by atoms with E-state index in [1.807, 2.05) is 0 Å². The summed E-state index contributed by atoms with van der Waals surface area (Å²) in [6.45, 7) is 10.9. The minimum Gasteiger partial charge on any atom is -0.295 e. The van der Waals surface area contributed by atoms with Crippen molar-refractivity contribution in [3.63, 3.8) is 0 Å². The van der Waals surface area contributed by atoms with Crippen LogP contribution in [-0.4, -0.2) is 23.5 Å². The van der Waals surface area contributed by atoms with Gasteiger partial charge in [-0.2, -0.15) is 0 Å². The van der Waals surface area contributed by atoms with Crippen LogP contribution in [0, 0.1) is 17.8 Å². The van der Waals surface area contributed by atoms with Gasteiger partial charge in [-0.3, -0.25) is 4.90 Å². The van der Waals surface area contributed by atoms with Crippen molar-refractivity contribution in [3.05, 3.63) is 0 Å². The maximum atomic E-state index is 2.73. The molecule has 1 saturated carbocycles. The molecule has 2 rings (SSSR count). The molecule has 1 aliphatic carbocycles. The third kappa shape index (κ3) is 2.08. The van der Waals surface area contributed by atoms with Gasteiger partial charge in [-0.05, 0) is 37.5 Å². The molecule has 0 aromatic carbocycles. The fraction of sp³-hybridized carbons (Fsp3) is 1.00. The molecule has 88 valence electrons. The Bertz CT molecular complexity index is 211. The van der Waals surface area contributed by atoms with Crippen molar-refractivity contribution in [2.75, 3.05) is 6.54 Å². The Morgan fingerprint density at radius 3 is 2.60 bits per heavy atom. The van der Waals surface area contributed by atoms with E-state index >= 15 is 0 Å². The van der Waals surface area contributed by atoms with Gasteiger partial charge in [0.15, 0.2) is 0 Å². The van der Waals surface area contributed by atoms with E-state index in [0.29, 0.717) is 0 Å². The quantitative estimate of drug-likeness (QED) is 0.626. The maximum absolute atomic E-state index is 2.73. The van der Waals surface area contributed by atoms with Gasteiger partial charge in [-0.15, -0.1) is 0 Å². The molecule has 0 aromatic heterocycles. The highest BCUT2D eigenvalue weighted by atomic mass is 15.3. The van der Waals surface area contributed by atoms with Crippen LogP contribution in [0.1, 0.15) is 53.4 Å². The number of hydrogen-bond acceptors (Lipinski definition) is 1. The molecular weight excluding hydrogens is 182 g/mol. The maximum Gasteiger partial charge on any atom is 0.0260 e. The Labute approximate surface area is 95.2 Å². The lowest BCUT2D eigenvalue weighted by molar-refractivity contribution is 0.0603. The lowest BCUT2D eigenvalue weighted by Crippen LogP contribution is -2.40. The van der Waals surface area contributed by atoms with Gasteiger partial charge in [0.05, 0.1) is 0 Å². The fourth-order valence-electron chi connectivity index (χ4n) is 3.69. The normalized spacial score (nSPS) is 46.0. The van der Waals surface area contributed by atoms with Crippen molar-refractivity contribution in [1.82, 2.24) is 4.90 Å². The Hall–Kier alpha value is -0.0400. The van der Waals surface area contributed by atoms with Crippen LogP contribution < -0.4 is 0 Å². The van der Waals surface area contributed by atoms with Crippen LogP contribution in [0.25, 0.3) is 0 Å². The predicted molar refractivity (Wildman–Crippen MR) is 65.9 cm³/mol. The molecule has 0 spiro atoms. The first-order valence-corrected chi connectivity index (χ1v) is 6.94. The second-order valence-electron chi connectivity index (χ2n) is 5.86. The van der Waals surface area contributed by atoms with Gasteiger partial charge in [0.1, 0.15) is 0 Å². The summed E-state index contributed by atoms with van der Waals surface area (Å²) in [5, 5.41) is 0. The van der Waals surface area contributed by atoms with Gasteiger partial charge in [0.25, 0.3) is 0 Å². The zero-order valence-corrected chi connectivity index (χ0v) is 10.9. The van der Waals surface area contributed by atoms with E-state index < -0.39 is 0 Å². The zero-order valence-electron chi connectivity index (χ0n) is 10.9. The first kappa shape index (κ1) is 11.4. The topological polar surface area (TPSA) is 3.01 Å². The van der Waals surface area contributed by atoms with E-state index in [4.69, 9.17) is 0 Å². The molecule has 0 N–H and O–H groups in total. The van der Waals surface area contributed by atoms with Gasteiger partial charge in [0.2, 0.25) is 0 Å². The summed E-state index contributed by atoms with van der Waals surface area (Å²) in [5.41, 5.74) is 0. The first-order chi connectivity index (χ1) is 7.19. The summed E-state index contributed by atoms with van der Waals surface area (Å²) < 4.78 is 0. The van der Waals surface area contributed by atoms with Crippen LogP contribution in [0.15, 0.2) is 0 Å². The smallest absolute Gasteiger partial charge is 0.0260 e. The molecule has 0 bridgehead atoms. The molecule has 1 nitrogen and oxygen atoms in total. The van der Waals surface area contributed by atoms with Crippen LogP contribution in [0.4, 0.5) is 0 Å². The standard InChI is InChI=1S/C14H27N/c1-5-7-12-8-10(3)14(12)13-9-15(13)11(4)6-2/h10-14H,5-9H2,1-4H3. The van der Waals surface area contributed by atoms with Gasteiger partial charge < -0.3 is 0 Å². The second kappa shape index (κ2) is 4.45. The van der Waals surface area contributed by atoms with E-state index in [1.54, 1.807) is 0 Å². The van der Waals surface area contributed by atoms with Gasteiger partial charge in [-0.1, -0.05) is 33.6 Å². The van der Waals surface area contributed by atoms with E-state index in [0.717, 1.165) is 29.8 Å². The average molecular weight is 209 g/mol. The second-order valence-corrected chi connectivity index (χ2v) is 5.86. The van der Waals surface area contributed by atoms with Crippen LogP contribution in [0.2, 0.25) is 0 Å². The predicted octanol–water partition coefficient (Wildman–Crippen LogP) is 3.54. The van der Waals surface area contributed by atoms with Crippen LogP contribution in [0.3, 0.4) is 0 Å². The third-order valence-corrected chi connectivity index (χ3v) is 4.83. The minimum absolute atomic E-state index is 0.824. The molecule has 15 heavy (non-hydrogen) atoms. The summed E-state index contributed by atoms with van der Waals surface area (Å²) in [6, 6.07) is 1.78. The molecule has 1 saturated heterocycles. The molecule has 0 radical (unpaired) electrons. The molecule has 1 heterocycles. The SMILES string of the molecule is CCCC1CC(C)C1C1CN1C(C)CC. The monoisotopic (exact) mass is 209 g/mol. The molecule has 6 atom stereocenters. The van der Waals surface area contributed by atoms with E-state index in [9.17, 15) is 0 Å². The molecule has 2 aliphatic rings. The van der Waals surface area contributed by atoms with Crippen molar-refractivity contribution in [2.24, 2.45) is 17.8 Å². The number of rotatable bonds is 5. The largest absolute Gasteiger partial charge is 0.295 e. The highest BCUT2D eigenvalue weighted by Crippen LogP contribution is 2.50. The first-order valence-electron chi connectivity index (χ1n) is 6.94. The van der Waals surface area contributed by atoms with Crippen LogP contribution >= 0.6 is 0 Å². The zero-order chi connectivity index (χ0) is 11.0. The summed E-state index contributed by atoms with van der Waals surface area (Å²) in [5.74, 6) is 3.10. The minimum atomic E-state index is 0.824. The molecule has 0 amide bonds. The lowest BCUT2D eigenvalue weighted by Gasteiger charge is -2.44. The molecule has 6 unspecified atom stereocenters. The summed E-state index contributed by atoms with van der Waals surface area (Å²) in [4.78, 5) is 2.73. The highest BCUT2D eigenvalue weighted by molar-refractivity contribution is 5.04. The molecular formula is C14H27N. The molecule has 1 aliphatic heterocycles. The third-order valence-electron chi connectivity index (χ3n) is 4.83. The van der Waals surface area contributed by atoms with E-state index in [2.05, 4.69) is 32.6 Å². The van der Waals surface area contributed by atoms with Crippen molar-refractivity contribution >= 4 is 0 Å². The Kier molecular flexibility index (Phi) is 3.39. The van der Waals surface area contributed by atoms with Crippen molar-refractivity contribution in [1.29, 1.82) is 0 Å². The Balaban J connectivity index is 1.84. The van der Waals surface area contributed by atoms with Gasteiger partial charge >= 0.3 is 0 Å². The Morgan fingerprint density at radius 1 is 1.33 bits per heavy atom. The van der Waals surface area contributed by atoms with Crippen LogP contribution in [0.5, 0.6) is 0 Å². The van der Waals surface area contributed by atoms with Crippen molar-refractivity contribution < 1.29 is 0 Å². The summed E-state index contributed by atoms with van der Waals surface area (Å²) in [6.07, 6.45) is 5.67. The molecule has 0 aromatic rings. The highest BCUT2D eigenvalue weighted by Gasteiger charge is 2.51. The number of hydrogen-bond donors (Lipinski definition) is 0.